The fourth-order valence-corrected chi connectivity index (χ4v) is 2.92. The monoisotopic (exact) mass is 413 g/mol. The molecule has 1 aromatic carbocycles. The largest absolute Gasteiger partial charge is 0.465 e. The van der Waals surface area contributed by atoms with E-state index in [4.69, 9.17) is 9.40 Å². The van der Waals surface area contributed by atoms with Gasteiger partial charge in [-0.05, 0) is 55.3 Å². The van der Waals surface area contributed by atoms with Gasteiger partial charge in [0.25, 0.3) is 5.56 Å². The number of aromatic nitrogens is 2. The van der Waals surface area contributed by atoms with E-state index >= 15 is 0 Å². The van der Waals surface area contributed by atoms with Crippen molar-refractivity contribution in [1.29, 1.82) is 0 Å². The number of nitrogens with zero attached hydrogens (tertiary/aromatic N) is 3. The van der Waals surface area contributed by atoms with Crippen LogP contribution in [0, 0.1) is 0 Å². The minimum atomic E-state index is -0.173. The molecule has 0 fully saturated rings. The molecule has 0 N–H and O–H groups in total. The minimum Gasteiger partial charge on any atom is -0.465 e. The van der Waals surface area contributed by atoms with Crippen molar-refractivity contribution in [2.24, 2.45) is 5.10 Å². The van der Waals surface area contributed by atoms with Gasteiger partial charge < -0.3 is 4.42 Å². The second-order valence-corrected chi connectivity index (χ2v) is 7.12. The third-order valence-electron chi connectivity index (χ3n) is 4.18. The van der Waals surface area contributed by atoms with Crippen LogP contribution in [0.5, 0.6) is 0 Å². The first-order valence-electron chi connectivity index (χ1n) is 8.48. The summed E-state index contributed by atoms with van der Waals surface area (Å²) in [6.07, 6.45) is 6.00. The summed E-state index contributed by atoms with van der Waals surface area (Å²) in [5.41, 5.74) is 1.38. The molecule has 0 aliphatic carbocycles. The summed E-state index contributed by atoms with van der Waals surface area (Å²) in [4.78, 5) is 17.7. The maximum atomic E-state index is 13.0. The number of furan rings is 1. The second kappa shape index (κ2) is 7.83. The molecule has 3 rings (SSSR count). The summed E-state index contributed by atoms with van der Waals surface area (Å²) < 4.78 is 7.55. The minimum absolute atomic E-state index is 0.113. The Labute approximate surface area is 160 Å². The molecule has 134 valence electrons. The fraction of sp³-hybridized carbons (Fsp3) is 0.250. The molecule has 0 spiro atoms. The number of benzene rings is 1. The van der Waals surface area contributed by atoms with E-state index in [0.717, 1.165) is 22.2 Å². The third kappa shape index (κ3) is 3.85. The van der Waals surface area contributed by atoms with Gasteiger partial charge in [-0.1, -0.05) is 29.8 Å². The van der Waals surface area contributed by atoms with E-state index < -0.39 is 0 Å². The normalized spacial score (nSPS) is 13.6. The van der Waals surface area contributed by atoms with Crippen LogP contribution in [0.15, 0.2) is 61.0 Å². The Morgan fingerprint density at radius 1 is 1.42 bits per heavy atom. The van der Waals surface area contributed by atoms with E-state index in [2.05, 4.69) is 28.0 Å². The highest BCUT2D eigenvalue weighted by atomic mass is 79.9. The summed E-state index contributed by atoms with van der Waals surface area (Å²) in [6, 6.07) is 9.21. The quantitative estimate of drug-likeness (QED) is 0.539. The molecule has 5 nitrogen and oxygen atoms in total. The summed E-state index contributed by atoms with van der Waals surface area (Å²) in [5.74, 6) is 1.51. The predicted molar refractivity (Wildman–Crippen MR) is 109 cm³/mol. The molecule has 1 atom stereocenters. The predicted octanol–water partition coefficient (Wildman–Crippen LogP) is 5.20. The lowest BCUT2D eigenvalue weighted by Crippen LogP contribution is -2.23. The number of halogens is 1. The standard InChI is InChI=1S/C20H20BrN3O2/c1-4-14(3)19-23-18-8-7-15(21)11-17(18)20(25)24(19)22-12-13(2)10-16-6-5-9-26-16/h5-12,14H,4H2,1-3H3/b13-10+,22-12?/t14-/m1/s1. The highest BCUT2D eigenvalue weighted by Gasteiger charge is 2.15. The van der Waals surface area contributed by atoms with Crippen molar-refractivity contribution in [3.63, 3.8) is 0 Å². The van der Waals surface area contributed by atoms with Gasteiger partial charge in [0.05, 0.1) is 23.4 Å². The van der Waals surface area contributed by atoms with Crippen LogP contribution < -0.4 is 5.56 Å². The van der Waals surface area contributed by atoms with Crippen LogP contribution in [-0.4, -0.2) is 15.9 Å². The van der Waals surface area contributed by atoms with Crippen molar-refractivity contribution in [3.05, 3.63) is 68.6 Å². The van der Waals surface area contributed by atoms with Gasteiger partial charge in [-0.25, -0.2) is 4.98 Å². The average Bonchev–Trinajstić information content (AvgIpc) is 3.13. The lowest BCUT2D eigenvalue weighted by atomic mass is 10.1. The third-order valence-corrected chi connectivity index (χ3v) is 4.67. The molecule has 0 saturated carbocycles. The van der Waals surface area contributed by atoms with Crippen molar-refractivity contribution in [2.45, 2.75) is 33.1 Å². The molecule has 0 radical (unpaired) electrons. The van der Waals surface area contributed by atoms with Gasteiger partial charge in [-0.3, -0.25) is 4.79 Å². The van der Waals surface area contributed by atoms with Crippen LogP contribution in [0.2, 0.25) is 0 Å². The summed E-state index contributed by atoms with van der Waals surface area (Å²) in [6.45, 7) is 6.02. The van der Waals surface area contributed by atoms with E-state index in [0.29, 0.717) is 16.7 Å². The Hall–Kier alpha value is -2.47. The molecule has 3 aromatic rings. The van der Waals surface area contributed by atoms with Gasteiger partial charge >= 0.3 is 0 Å². The van der Waals surface area contributed by atoms with Crippen LogP contribution >= 0.6 is 15.9 Å². The Kier molecular flexibility index (Phi) is 5.52. The van der Waals surface area contributed by atoms with Crippen molar-refractivity contribution < 1.29 is 4.42 Å². The lowest BCUT2D eigenvalue weighted by Gasteiger charge is -2.13. The van der Waals surface area contributed by atoms with Crippen LogP contribution in [0.4, 0.5) is 0 Å². The highest BCUT2D eigenvalue weighted by Crippen LogP contribution is 2.20. The summed E-state index contributed by atoms with van der Waals surface area (Å²) in [5, 5.41) is 4.96. The van der Waals surface area contributed by atoms with Crippen molar-refractivity contribution in [1.82, 2.24) is 9.66 Å². The van der Waals surface area contributed by atoms with E-state index in [1.54, 1.807) is 18.5 Å². The smallest absolute Gasteiger partial charge is 0.282 e. The van der Waals surface area contributed by atoms with E-state index in [-0.39, 0.29) is 11.5 Å². The van der Waals surface area contributed by atoms with E-state index in [1.807, 2.05) is 44.2 Å². The topological polar surface area (TPSA) is 60.4 Å². The Balaban J connectivity index is 2.12. The van der Waals surface area contributed by atoms with Crippen LogP contribution in [0.3, 0.4) is 0 Å². The molecule has 0 unspecified atom stereocenters. The summed E-state index contributed by atoms with van der Waals surface area (Å²) >= 11 is 3.41. The van der Waals surface area contributed by atoms with Crippen LogP contribution in [-0.2, 0) is 0 Å². The van der Waals surface area contributed by atoms with Crippen molar-refractivity contribution in [2.75, 3.05) is 0 Å². The Morgan fingerprint density at radius 3 is 2.92 bits per heavy atom. The van der Waals surface area contributed by atoms with Gasteiger partial charge in [0, 0.05) is 10.4 Å². The molecule has 0 aliphatic rings. The summed E-state index contributed by atoms with van der Waals surface area (Å²) in [7, 11) is 0. The van der Waals surface area contributed by atoms with Crippen LogP contribution in [0.25, 0.3) is 17.0 Å². The molecule has 2 heterocycles. The van der Waals surface area contributed by atoms with Gasteiger partial charge in [-0.2, -0.15) is 9.78 Å². The first-order chi connectivity index (χ1) is 12.5. The Morgan fingerprint density at radius 2 is 2.23 bits per heavy atom. The molecule has 0 saturated heterocycles. The zero-order chi connectivity index (χ0) is 18.7. The maximum absolute atomic E-state index is 13.0. The first kappa shape index (κ1) is 18.3. The van der Waals surface area contributed by atoms with Gasteiger partial charge in [-0.15, -0.1) is 0 Å². The van der Waals surface area contributed by atoms with Crippen LogP contribution in [0.1, 0.15) is 44.7 Å². The zero-order valence-electron chi connectivity index (χ0n) is 14.9. The molecule has 0 bridgehead atoms. The van der Waals surface area contributed by atoms with Gasteiger partial charge in [0.1, 0.15) is 11.6 Å². The number of hydrogen-bond acceptors (Lipinski definition) is 4. The SMILES string of the molecule is CC[C@@H](C)c1nc2ccc(Br)cc2c(=O)n1N=C/C(C)=C/c1ccco1. The molecular formula is C20H20BrN3O2. The Bertz CT molecular complexity index is 1030. The molecular weight excluding hydrogens is 394 g/mol. The molecule has 0 aliphatic heterocycles. The fourth-order valence-electron chi connectivity index (χ4n) is 2.56. The van der Waals surface area contributed by atoms with Crippen molar-refractivity contribution in [3.8, 4) is 0 Å². The number of rotatable bonds is 5. The van der Waals surface area contributed by atoms with E-state index in [9.17, 15) is 4.79 Å². The molecule has 2 aromatic heterocycles. The number of hydrogen-bond donors (Lipinski definition) is 0. The van der Waals surface area contributed by atoms with E-state index in [1.165, 1.54) is 4.68 Å². The number of allylic oxidation sites excluding steroid dienone is 1. The van der Waals surface area contributed by atoms with Gasteiger partial charge in [0.15, 0.2) is 0 Å². The molecule has 0 amide bonds. The zero-order valence-corrected chi connectivity index (χ0v) is 16.5. The maximum Gasteiger partial charge on any atom is 0.282 e. The second-order valence-electron chi connectivity index (χ2n) is 6.21. The van der Waals surface area contributed by atoms with Gasteiger partial charge in [0.2, 0.25) is 0 Å². The van der Waals surface area contributed by atoms with Crippen molar-refractivity contribution >= 4 is 39.1 Å². The number of fused-ring (bicyclic) bond motifs is 1. The lowest BCUT2D eigenvalue weighted by molar-refractivity contribution is 0.557. The highest BCUT2D eigenvalue weighted by molar-refractivity contribution is 9.10. The first-order valence-corrected chi connectivity index (χ1v) is 9.27. The molecule has 6 heteroatoms. The average molecular weight is 414 g/mol. The molecule has 26 heavy (non-hydrogen) atoms.